The summed E-state index contributed by atoms with van der Waals surface area (Å²) in [5.74, 6) is 3.88. The highest BCUT2D eigenvalue weighted by molar-refractivity contribution is 5.55. The third-order valence-corrected chi connectivity index (χ3v) is 3.71. The minimum Gasteiger partial charge on any atom is -0.466 e. The third-order valence-electron chi connectivity index (χ3n) is 3.71. The van der Waals surface area contributed by atoms with Crippen LogP contribution in [-0.4, -0.2) is 27.4 Å². The minimum atomic E-state index is 0.409. The van der Waals surface area contributed by atoms with E-state index in [0.29, 0.717) is 24.2 Å². The van der Waals surface area contributed by atoms with E-state index in [9.17, 15) is 0 Å². The van der Waals surface area contributed by atoms with Crippen molar-refractivity contribution in [3.8, 4) is 11.5 Å². The largest absolute Gasteiger partial charge is 0.466 e. The fourth-order valence-corrected chi connectivity index (χ4v) is 2.37. The lowest BCUT2D eigenvalue weighted by molar-refractivity contribution is 0.492. The second-order valence-corrected chi connectivity index (χ2v) is 6.02. The van der Waals surface area contributed by atoms with E-state index in [0.717, 1.165) is 28.6 Å². The van der Waals surface area contributed by atoms with E-state index >= 15 is 0 Å². The number of aromatic nitrogens is 4. The van der Waals surface area contributed by atoms with Gasteiger partial charge in [-0.1, -0.05) is 13.8 Å². The predicted molar refractivity (Wildman–Crippen MR) is 86.3 cm³/mol. The van der Waals surface area contributed by atoms with Gasteiger partial charge in [-0.05, 0) is 25.8 Å². The number of nitrogens with zero attached hydrogens (tertiary/aromatic N) is 4. The molecule has 0 bridgehead atoms. The fraction of sp³-hybridized carbons (Fsp3) is 0.438. The molecule has 7 heteroatoms. The summed E-state index contributed by atoms with van der Waals surface area (Å²) in [5, 5.41) is 15.6. The Hall–Kier alpha value is -2.57. The SMILES string of the molecule is Cc1cc(-c2nnc(CN(C)c3cc(C(C)C)[nH]n3)o2)c(C)o1. The number of furan rings is 1. The Morgan fingerprint density at radius 1 is 1.17 bits per heavy atom. The van der Waals surface area contributed by atoms with Crippen molar-refractivity contribution in [3.63, 3.8) is 0 Å². The molecule has 0 aliphatic heterocycles. The highest BCUT2D eigenvalue weighted by Crippen LogP contribution is 2.26. The van der Waals surface area contributed by atoms with Gasteiger partial charge in [0, 0.05) is 18.8 Å². The molecule has 3 aromatic heterocycles. The Morgan fingerprint density at radius 2 is 1.96 bits per heavy atom. The standard InChI is InChI=1S/C16H21N5O2/c1-9(2)13-7-14(18-17-13)21(5)8-15-19-20-16(23-15)12-6-10(3)22-11(12)4/h6-7,9H,8H2,1-5H3,(H,17,18). The van der Waals surface area contributed by atoms with Crippen LogP contribution in [0.25, 0.3) is 11.5 Å². The molecule has 0 saturated heterocycles. The summed E-state index contributed by atoms with van der Waals surface area (Å²) in [6.45, 7) is 8.51. The van der Waals surface area contributed by atoms with Crippen LogP contribution in [-0.2, 0) is 6.54 Å². The average Bonchev–Trinajstić information content (AvgIpc) is 3.18. The molecular formula is C16H21N5O2. The van der Waals surface area contributed by atoms with Gasteiger partial charge < -0.3 is 13.7 Å². The molecule has 0 radical (unpaired) electrons. The molecule has 1 N–H and O–H groups in total. The van der Waals surface area contributed by atoms with Crippen molar-refractivity contribution < 1.29 is 8.83 Å². The molecule has 0 spiro atoms. The molecule has 0 aliphatic carbocycles. The quantitative estimate of drug-likeness (QED) is 0.776. The van der Waals surface area contributed by atoms with Gasteiger partial charge in [-0.15, -0.1) is 10.2 Å². The van der Waals surface area contributed by atoms with Gasteiger partial charge in [-0.3, -0.25) is 5.10 Å². The molecule has 3 heterocycles. The summed E-state index contributed by atoms with van der Waals surface area (Å²) in [5.41, 5.74) is 1.94. The van der Waals surface area contributed by atoms with Gasteiger partial charge in [0.2, 0.25) is 5.89 Å². The van der Waals surface area contributed by atoms with Crippen LogP contribution in [0.2, 0.25) is 0 Å². The van der Waals surface area contributed by atoms with E-state index in [-0.39, 0.29) is 0 Å². The second-order valence-electron chi connectivity index (χ2n) is 6.02. The monoisotopic (exact) mass is 315 g/mol. The predicted octanol–water partition coefficient (Wildman–Crippen LogP) is 3.43. The maximum absolute atomic E-state index is 5.75. The van der Waals surface area contributed by atoms with Gasteiger partial charge in [0.25, 0.3) is 5.89 Å². The molecule has 0 unspecified atom stereocenters. The minimum absolute atomic E-state index is 0.409. The first-order valence-corrected chi connectivity index (χ1v) is 7.60. The fourth-order valence-electron chi connectivity index (χ4n) is 2.37. The number of aromatic amines is 1. The Labute approximate surface area is 134 Å². The number of hydrogen-bond donors (Lipinski definition) is 1. The van der Waals surface area contributed by atoms with E-state index < -0.39 is 0 Å². The summed E-state index contributed by atoms with van der Waals surface area (Å²) >= 11 is 0. The molecule has 0 saturated carbocycles. The van der Waals surface area contributed by atoms with Crippen molar-refractivity contribution in [2.45, 2.75) is 40.2 Å². The summed E-state index contributed by atoms with van der Waals surface area (Å²) < 4.78 is 11.2. The van der Waals surface area contributed by atoms with Crippen molar-refractivity contribution in [3.05, 3.63) is 35.2 Å². The molecule has 23 heavy (non-hydrogen) atoms. The van der Waals surface area contributed by atoms with Gasteiger partial charge in [0.15, 0.2) is 5.82 Å². The zero-order valence-electron chi connectivity index (χ0n) is 14.0. The van der Waals surface area contributed by atoms with Crippen molar-refractivity contribution in [1.82, 2.24) is 20.4 Å². The number of hydrogen-bond acceptors (Lipinski definition) is 6. The second kappa shape index (κ2) is 5.91. The van der Waals surface area contributed by atoms with Crippen molar-refractivity contribution >= 4 is 5.82 Å². The van der Waals surface area contributed by atoms with Gasteiger partial charge in [-0.25, -0.2) is 0 Å². The van der Waals surface area contributed by atoms with Crippen LogP contribution in [0.4, 0.5) is 5.82 Å². The number of rotatable bonds is 5. The lowest BCUT2D eigenvalue weighted by Crippen LogP contribution is -2.16. The van der Waals surface area contributed by atoms with Crippen molar-refractivity contribution in [2.24, 2.45) is 0 Å². The zero-order chi connectivity index (χ0) is 16.6. The Kier molecular flexibility index (Phi) is 3.94. The average molecular weight is 315 g/mol. The Bertz CT molecular complexity index is 799. The maximum atomic E-state index is 5.75. The topological polar surface area (TPSA) is 84.0 Å². The molecule has 0 aromatic carbocycles. The molecule has 3 rings (SSSR count). The molecule has 0 fully saturated rings. The molecule has 7 nitrogen and oxygen atoms in total. The molecule has 0 atom stereocenters. The first-order chi connectivity index (χ1) is 10.9. The van der Waals surface area contributed by atoms with Gasteiger partial charge in [0.05, 0.1) is 12.1 Å². The van der Waals surface area contributed by atoms with E-state index in [1.165, 1.54) is 0 Å². The smallest absolute Gasteiger partial charge is 0.251 e. The summed E-state index contributed by atoms with van der Waals surface area (Å²) in [7, 11) is 1.94. The first kappa shape index (κ1) is 15.3. The van der Waals surface area contributed by atoms with Crippen LogP contribution in [0.5, 0.6) is 0 Å². The highest BCUT2D eigenvalue weighted by Gasteiger charge is 2.16. The van der Waals surface area contributed by atoms with Gasteiger partial charge in [-0.2, -0.15) is 5.10 Å². The van der Waals surface area contributed by atoms with Crippen molar-refractivity contribution in [1.29, 1.82) is 0 Å². The maximum Gasteiger partial charge on any atom is 0.251 e. The molecular weight excluding hydrogens is 294 g/mol. The lowest BCUT2D eigenvalue weighted by Gasteiger charge is -2.12. The lowest BCUT2D eigenvalue weighted by atomic mass is 10.1. The zero-order valence-corrected chi connectivity index (χ0v) is 14.0. The molecule has 0 aliphatic rings. The van der Waals surface area contributed by atoms with Crippen LogP contribution in [0.15, 0.2) is 21.0 Å². The summed E-state index contributed by atoms with van der Waals surface area (Å²) in [6, 6.07) is 3.94. The van der Waals surface area contributed by atoms with Crippen LogP contribution in [0.1, 0.15) is 42.9 Å². The van der Waals surface area contributed by atoms with Crippen LogP contribution in [0.3, 0.4) is 0 Å². The van der Waals surface area contributed by atoms with Crippen molar-refractivity contribution in [2.75, 3.05) is 11.9 Å². The summed E-state index contributed by atoms with van der Waals surface area (Å²) in [4.78, 5) is 1.97. The third kappa shape index (κ3) is 3.13. The van der Waals surface area contributed by atoms with E-state index in [1.807, 2.05) is 37.9 Å². The summed E-state index contributed by atoms with van der Waals surface area (Å²) in [6.07, 6.45) is 0. The first-order valence-electron chi connectivity index (χ1n) is 7.60. The van der Waals surface area contributed by atoms with Crippen LogP contribution >= 0.6 is 0 Å². The van der Waals surface area contributed by atoms with Gasteiger partial charge >= 0.3 is 0 Å². The molecule has 122 valence electrons. The Morgan fingerprint density at radius 3 is 2.57 bits per heavy atom. The normalized spacial score (nSPS) is 11.4. The van der Waals surface area contributed by atoms with Crippen LogP contribution < -0.4 is 4.90 Å². The van der Waals surface area contributed by atoms with Crippen LogP contribution in [0, 0.1) is 13.8 Å². The Balaban J connectivity index is 1.74. The van der Waals surface area contributed by atoms with E-state index in [2.05, 4.69) is 34.2 Å². The number of aryl methyl sites for hydroxylation is 2. The van der Waals surface area contributed by atoms with E-state index in [4.69, 9.17) is 8.83 Å². The number of H-pyrrole nitrogens is 1. The highest BCUT2D eigenvalue weighted by atomic mass is 16.4. The van der Waals surface area contributed by atoms with Gasteiger partial charge in [0.1, 0.15) is 11.5 Å². The number of anilines is 1. The van der Waals surface area contributed by atoms with E-state index in [1.54, 1.807) is 0 Å². The molecule has 3 aromatic rings. The number of nitrogens with one attached hydrogen (secondary N) is 1. The molecule has 0 amide bonds.